The highest BCUT2D eigenvalue weighted by atomic mass is 16.4. The molecule has 1 aromatic rings. The lowest BCUT2D eigenvalue weighted by molar-refractivity contribution is -0.142. The molecule has 2 amide bonds. The van der Waals surface area contributed by atoms with E-state index in [0.29, 0.717) is 6.42 Å². The number of aliphatic carboxylic acids is 1. The smallest absolute Gasteiger partial charge is 0.326 e. The second kappa shape index (κ2) is 8.90. The van der Waals surface area contributed by atoms with E-state index in [1.165, 1.54) is 19.1 Å². The highest BCUT2D eigenvalue weighted by molar-refractivity contribution is 5.90. The third-order valence-electron chi connectivity index (χ3n) is 3.39. The van der Waals surface area contributed by atoms with Gasteiger partial charge < -0.3 is 20.8 Å². The molecule has 7 heteroatoms. The summed E-state index contributed by atoms with van der Waals surface area (Å²) in [5.41, 5.74) is 0.734. The van der Waals surface area contributed by atoms with E-state index in [-0.39, 0.29) is 24.0 Å². The molecular weight excluding hydrogens is 312 g/mol. The summed E-state index contributed by atoms with van der Waals surface area (Å²) >= 11 is 0. The molecular formula is C17H24N2O5. The van der Waals surface area contributed by atoms with Gasteiger partial charge in [-0.15, -0.1) is 0 Å². The third-order valence-corrected chi connectivity index (χ3v) is 3.39. The van der Waals surface area contributed by atoms with Gasteiger partial charge in [0.15, 0.2) is 0 Å². The van der Waals surface area contributed by atoms with Gasteiger partial charge in [0.2, 0.25) is 11.8 Å². The van der Waals surface area contributed by atoms with Crippen molar-refractivity contribution in [1.29, 1.82) is 0 Å². The first-order chi connectivity index (χ1) is 11.2. The number of aromatic hydroxyl groups is 1. The van der Waals surface area contributed by atoms with E-state index in [0.717, 1.165) is 5.56 Å². The highest BCUT2D eigenvalue weighted by Crippen LogP contribution is 2.12. The van der Waals surface area contributed by atoms with Crippen LogP contribution in [0.5, 0.6) is 5.75 Å². The van der Waals surface area contributed by atoms with Gasteiger partial charge in [-0.1, -0.05) is 26.0 Å². The molecule has 0 aromatic heterocycles. The van der Waals surface area contributed by atoms with E-state index in [2.05, 4.69) is 10.6 Å². The van der Waals surface area contributed by atoms with Crippen molar-refractivity contribution in [2.24, 2.45) is 5.92 Å². The minimum Gasteiger partial charge on any atom is -0.508 e. The summed E-state index contributed by atoms with van der Waals surface area (Å²) in [5, 5.41) is 23.5. The molecule has 1 aromatic carbocycles. The van der Waals surface area contributed by atoms with Crippen molar-refractivity contribution in [3.8, 4) is 5.75 Å². The van der Waals surface area contributed by atoms with Crippen molar-refractivity contribution in [2.75, 3.05) is 0 Å². The second-order valence-electron chi connectivity index (χ2n) is 6.15. The zero-order chi connectivity index (χ0) is 18.3. The minimum absolute atomic E-state index is 0.0992. The lowest BCUT2D eigenvalue weighted by Gasteiger charge is -2.22. The lowest BCUT2D eigenvalue weighted by atomic mass is 10.0. The number of carbonyl (C=O) groups excluding carboxylic acids is 2. The molecule has 24 heavy (non-hydrogen) atoms. The molecule has 4 N–H and O–H groups in total. The quantitative estimate of drug-likeness (QED) is 0.566. The molecule has 0 bridgehead atoms. The fourth-order valence-corrected chi connectivity index (χ4v) is 2.29. The predicted octanol–water partition coefficient (Wildman–Crippen LogP) is 1.05. The average Bonchev–Trinajstić information content (AvgIpc) is 2.47. The Morgan fingerprint density at radius 2 is 1.62 bits per heavy atom. The molecule has 0 radical (unpaired) electrons. The van der Waals surface area contributed by atoms with Crippen molar-refractivity contribution in [3.05, 3.63) is 29.8 Å². The number of hydrogen-bond acceptors (Lipinski definition) is 4. The molecule has 0 aliphatic carbocycles. The van der Waals surface area contributed by atoms with E-state index >= 15 is 0 Å². The fourth-order valence-electron chi connectivity index (χ4n) is 2.29. The number of nitrogens with one attached hydrogen (secondary N) is 2. The Morgan fingerprint density at radius 3 is 2.08 bits per heavy atom. The molecule has 0 spiro atoms. The Labute approximate surface area is 141 Å². The fraction of sp³-hybridized carbons (Fsp3) is 0.471. The van der Waals surface area contributed by atoms with Crippen molar-refractivity contribution in [1.82, 2.24) is 10.6 Å². The van der Waals surface area contributed by atoms with Crippen LogP contribution in [0.1, 0.15) is 32.8 Å². The van der Waals surface area contributed by atoms with Crippen molar-refractivity contribution in [2.45, 2.75) is 45.7 Å². The first-order valence-electron chi connectivity index (χ1n) is 7.77. The van der Waals surface area contributed by atoms with Crippen LogP contribution in [-0.2, 0) is 20.8 Å². The first kappa shape index (κ1) is 19.5. The van der Waals surface area contributed by atoms with E-state index in [4.69, 9.17) is 0 Å². The standard InChI is InChI=1S/C17H24N2O5/c1-10(2)8-15(17(23)24)19-16(22)14(18-11(3)20)9-12-4-6-13(21)7-5-12/h4-7,10,14-15,21H,8-9H2,1-3H3,(H,18,20)(H,19,22)(H,23,24). The topological polar surface area (TPSA) is 116 Å². The molecule has 0 aliphatic rings. The van der Waals surface area contributed by atoms with Crippen molar-refractivity contribution in [3.63, 3.8) is 0 Å². The highest BCUT2D eigenvalue weighted by Gasteiger charge is 2.26. The van der Waals surface area contributed by atoms with Crippen molar-refractivity contribution >= 4 is 17.8 Å². The SMILES string of the molecule is CC(=O)NC(Cc1ccc(O)cc1)C(=O)NC(CC(C)C)C(=O)O. The molecule has 2 unspecified atom stereocenters. The number of phenols is 1. The van der Waals surface area contributed by atoms with Crippen molar-refractivity contribution < 1.29 is 24.6 Å². The maximum absolute atomic E-state index is 12.4. The summed E-state index contributed by atoms with van der Waals surface area (Å²) in [5.74, 6) is -1.84. The number of benzene rings is 1. The summed E-state index contributed by atoms with van der Waals surface area (Å²) in [6.07, 6.45) is 0.493. The summed E-state index contributed by atoms with van der Waals surface area (Å²) in [6.45, 7) is 5.02. The second-order valence-corrected chi connectivity index (χ2v) is 6.15. The Kier molecular flexibility index (Phi) is 7.23. The van der Waals surface area contributed by atoms with E-state index in [1.54, 1.807) is 12.1 Å². The number of carboxylic acid groups (broad SMARTS) is 1. The maximum Gasteiger partial charge on any atom is 0.326 e. The zero-order valence-corrected chi connectivity index (χ0v) is 14.1. The first-order valence-corrected chi connectivity index (χ1v) is 7.77. The third kappa shape index (κ3) is 6.68. The van der Waals surface area contributed by atoms with Crippen LogP contribution in [0, 0.1) is 5.92 Å². The summed E-state index contributed by atoms with van der Waals surface area (Å²) < 4.78 is 0. The van der Waals surface area contributed by atoms with E-state index < -0.39 is 24.0 Å². The van der Waals surface area contributed by atoms with Gasteiger partial charge in [-0.25, -0.2) is 4.79 Å². The van der Waals surface area contributed by atoms with Crippen LogP contribution in [0.4, 0.5) is 0 Å². The number of carbonyl (C=O) groups is 3. The number of phenolic OH excluding ortho intramolecular Hbond substituents is 1. The predicted molar refractivity (Wildman–Crippen MR) is 88.4 cm³/mol. The monoisotopic (exact) mass is 336 g/mol. The lowest BCUT2D eigenvalue weighted by Crippen LogP contribution is -2.52. The number of amides is 2. The zero-order valence-electron chi connectivity index (χ0n) is 14.1. The van der Waals surface area contributed by atoms with Crippen LogP contribution in [0.3, 0.4) is 0 Å². The van der Waals surface area contributed by atoms with Crippen LogP contribution in [0.25, 0.3) is 0 Å². The van der Waals surface area contributed by atoms with Crippen LogP contribution >= 0.6 is 0 Å². The summed E-state index contributed by atoms with van der Waals surface area (Å²) in [6, 6.07) is 4.35. The maximum atomic E-state index is 12.4. The van der Waals surface area contributed by atoms with E-state index in [9.17, 15) is 24.6 Å². The van der Waals surface area contributed by atoms with Gasteiger partial charge in [-0.05, 0) is 30.0 Å². The molecule has 2 atom stereocenters. The summed E-state index contributed by atoms with van der Waals surface area (Å²) in [4.78, 5) is 35.0. The molecule has 0 heterocycles. The van der Waals surface area contributed by atoms with Crippen LogP contribution < -0.4 is 10.6 Å². The van der Waals surface area contributed by atoms with Crippen LogP contribution in [0.15, 0.2) is 24.3 Å². The number of hydrogen-bond donors (Lipinski definition) is 4. The molecule has 1 rings (SSSR count). The Morgan fingerprint density at radius 1 is 1.04 bits per heavy atom. The number of rotatable bonds is 8. The largest absolute Gasteiger partial charge is 0.508 e. The number of carboxylic acids is 1. The van der Waals surface area contributed by atoms with Gasteiger partial charge in [-0.3, -0.25) is 9.59 Å². The molecule has 0 fully saturated rings. The van der Waals surface area contributed by atoms with Gasteiger partial charge in [0.05, 0.1) is 0 Å². The van der Waals surface area contributed by atoms with Gasteiger partial charge in [-0.2, -0.15) is 0 Å². The van der Waals surface area contributed by atoms with Gasteiger partial charge in [0.25, 0.3) is 0 Å². The molecule has 132 valence electrons. The van der Waals surface area contributed by atoms with E-state index in [1.807, 2.05) is 13.8 Å². The van der Waals surface area contributed by atoms with Crippen LogP contribution in [-0.4, -0.2) is 40.1 Å². The molecule has 7 nitrogen and oxygen atoms in total. The normalized spacial score (nSPS) is 13.2. The van der Waals surface area contributed by atoms with Gasteiger partial charge >= 0.3 is 5.97 Å². The minimum atomic E-state index is -1.11. The van der Waals surface area contributed by atoms with Crippen LogP contribution in [0.2, 0.25) is 0 Å². The molecule has 0 aliphatic heterocycles. The Bertz CT molecular complexity index is 583. The Hall–Kier alpha value is -2.57. The molecule has 0 saturated carbocycles. The van der Waals surface area contributed by atoms with Gasteiger partial charge in [0, 0.05) is 13.3 Å². The van der Waals surface area contributed by atoms with Gasteiger partial charge in [0.1, 0.15) is 17.8 Å². The Balaban J connectivity index is 2.85. The molecule has 0 saturated heterocycles. The average molecular weight is 336 g/mol. The summed E-state index contributed by atoms with van der Waals surface area (Å²) in [7, 11) is 0.